The molecule has 0 spiro atoms. The van der Waals surface area contributed by atoms with E-state index in [1.165, 1.54) is 0 Å². The molecule has 0 aliphatic carbocycles. The molecule has 3 heteroatoms. The van der Waals surface area contributed by atoms with Crippen LogP contribution in [0.1, 0.15) is 26.7 Å². The van der Waals surface area contributed by atoms with Crippen LogP contribution in [0, 0.1) is 5.92 Å². The molecule has 0 fully saturated rings. The summed E-state index contributed by atoms with van der Waals surface area (Å²) in [6.07, 6.45) is 4.84. The van der Waals surface area contributed by atoms with Crippen molar-refractivity contribution >= 4 is 6.09 Å². The second-order valence-electron chi connectivity index (χ2n) is 5.29. The average Bonchev–Trinajstić information content (AvgIpc) is 2.47. The van der Waals surface area contributed by atoms with Gasteiger partial charge in [-0.05, 0) is 30.9 Å². The number of rotatable bonds is 8. The molecule has 0 N–H and O–H groups in total. The van der Waals surface area contributed by atoms with Crippen LogP contribution < -0.4 is 4.74 Å². The standard InChI is InChI=1S/C18H25NO2/c1-5-7-14-19(17(11-6-2)15(3)4)18(20)21-16-12-9-8-10-13-16/h5-6,8-10,12-13,15,17H,1-2,7,11,14H2,3-4H3. The Balaban J connectivity index is 2.86. The van der Waals surface area contributed by atoms with Crippen LogP contribution in [0.2, 0.25) is 0 Å². The van der Waals surface area contributed by atoms with Crippen LogP contribution in [-0.2, 0) is 0 Å². The number of ether oxygens (including phenoxy) is 1. The van der Waals surface area contributed by atoms with Crippen molar-refractivity contribution < 1.29 is 9.53 Å². The van der Waals surface area contributed by atoms with E-state index in [1.807, 2.05) is 30.4 Å². The first-order valence-electron chi connectivity index (χ1n) is 7.35. The Labute approximate surface area is 127 Å². The Hall–Kier alpha value is -2.03. The van der Waals surface area contributed by atoms with Gasteiger partial charge < -0.3 is 9.64 Å². The highest BCUT2D eigenvalue weighted by atomic mass is 16.6. The first-order valence-corrected chi connectivity index (χ1v) is 7.35. The predicted octanol–water partition coefficient (Wildman–Crippen LogP) is 4.66. The number of hydrogen-bond acceptors (Lipinski definition) is 2. The maximum Gasteiger partial charge on any atom is 0.415 e. The molecule has 1 unspecified atom stereocenters. The SMILES string of the molecule is C=CCCN(C(=O)Oc1ccccc1)C(CC=C)C(C)C. The molecule has 1 aromatic carbocycles. The van der Waals surface area contributed by atoms with Crippen molar-refractivity contribution in [1.82, 2.24) is 4.90 Å². The molecule has 0 heterocycles. The molecule has 0 radical (unpaired) electrons. The second kappa shape index (κ2) is 9.01. The Bertz CT molecular complexity index is 454. The Kier molecular flexibility index (Phi) is 7.30. The number of hydrogen-bond donors (Lipinski definition) is 0. The van der Waals surface area contributed by atoms with Crippen LogP contribution in [0.3, 0.4) is 0 Å². The minimum absolute atomic E-state index is 0.0821. The van der Waals surface area contributed by atoms with E-state index in [4.69, 9.17) is 4.74 Å². The van der Waals surface area contributed by atoms with Crippen molar-refractivity contribution in [2.24, 2.45) is 5.92 Å². The summed E-state index contributed by atoms with van der Waals surface area (Å²) in [5.41, 5.74) is 0. The summed E-state index contributed by atoms with van der Waals surface area (Å²) in [6, 6.07) is 9.23. The molecule has 0 bridgehead atoms. The normalized spacial score (nSPS) is 11.8. The van der Waals surface area contributed by atoms with Crippen molar-refractivity contribution in [2.75, 3.05) is 6.54 Å². The van der Waals surface area contributed by atoms with Gasteiger partial charge in [-0.15, -0.1) is 13.2 Å². The number of nitrogens with zero attached hydrogens (tertiary/aromatic N) is 1. The molecular formula is C18H25NO2. The third-order valence-corrected chi connectivity index (χ3v) is 3.34. The van der Waals surface area contributed by atoms with Gasteiger partial charge in [-0.1, -0.05) is 44.2 Å². The van der Waals surface area contributed by atoms with E-state index >= 15 is 0 Å². The zero-order chi connectivity index (χ0) is 15.7. The first kappa shape index (κ1) is 17.0. The number of amides is 1. The predicted molar refractivity (Wildman–Crippen MR) is 87.4 cm³/mol. The van der Waals surface area contributed by atoms with Crippen molar-refractivity contribution in [3.8, 4) is 5.75 Å². The number of benzene rings is 1. The molecule has 1 rings (SSSR count). The molecule has 1 amide bonds. The van der Waals surface area contributed by atoms with E-state index < -0.39 is 0 Å². The van der Waals surface area contributed by atoms with E-state index in [1.54, 1.807) is 17.0 Å². The Morgan fingerprint density at radius 1 is 1.24 bits per heavy atom. The van der Waals surface area contributed by atoms with E-state index in [-0.39, 0.29) is 12.1 Å². The van der Waals surface area contributed by atoms with E-state index in [9.17, 15) is 4.79 Å². The van der Waals surface area contributed by atoms with Gasteiger partial charge in [0.1, 0.15) is 5.75 Å². The average molecular weight is 287 g/mol. The molecule has 0 aliphatic heterocycles. The first-order chi connectivity index (χ1) is 10.1. The molecule has 21 heavy (non-hydrogen) atoms. The summed E-state index contributed by atoms with van der Waals surface area (Å²) in [4.78, 5) is 14.3. The third kappa shape index (κ3) is 5.46. The summed E-state index contributed by atoms with van der Waals surface area (Å²) in [5.74, 6) is 0.892. The highest BCUT2D eigenvalue weighted by molar-refractivity contribution is 5.71. The molecule has 114 valence electrons. The van der Waals surface area contributed by atoms with Gasteiger partial charge in [-0.2, -0.15) is 0 Å². The number of carbonyl (C=O) groups is 1. The topological polar surface area (TPSA) is 29.5 Å². The highest BCUT2D eigenvalue weighted by Crippen LogP contribution is 2.19. The van der Waals surface area contributed by atoms with Gasteiger partial charge in [0.2, 0.25) is 0 Å². The molecule has 3 nitrogen and oxygen atoms in total. The van der Waals surface area contributed by atoms with Gasteiger partial charge >= 0.3 is 6.09 Å². The summed E-state index contributed by atoms with van der Waals surface area (Å²) < 4.78 is 5.47. The van der Waals surface area contributed by atoms with E-state index in [2.05, 4.69) is 27.0 Å². The minimum Gasteiger partial charge on any atom is -0.410 e. The fourth-order valence-corrected chi connectivity index (χ4v) is 2.20. The smallest absolute Gasteiger partial charge is 0.410 e. The van der Waals surface area contributed by atoms with Crippen LogP contribution in [0.4, 0.5) is 4.79 Å². The summed E-state index contributed by atoms with van der Waals surface area (Å²) in [6.45, 7) is 12.3. The molecule has 0 saturated heterocycles. The second-order valence-corrected chi connectivity index (χ2v) is 5.29. The maximum absolute atomic E-state index is 12.5. The summed E-state index contributed by atoms with van der Waals surface area (Å²) >= 11 is 0. The zero-order valence-corrected chi connectivity index (χ0v) is 13.0. The van der Waals surface area contributed by atoms with Crippen molar-refractivity contribution in [3.63, 3.8) is 0 Å². The fraction of sp³-hybridized carbons (Fsp3) is 0.389. The molecule has 0 aliphatic rings. The highest BCUT2D eigenvalue weighted by Gasteiger charge is 2.26. The fourth-order valence-electron chi connectivity index (χ4n) is 2.20. The zero-order valence-electron chi connectivity index (χ0n) is 13.0. The van der Waals surface area contributed by atoms with Crippen LogP contribution in [-0.4, -0.2) is 23.6 Å². The van der Waals surface area contributed by atoms with Crippen molar-refractivity contribution in [1.29, 1.82) is 0 Å². The number of para-hydroxylation sites is 1. The van der Waals surface area contributed by atoms with Gasteiger partial charge in [0.25, 0.3) is 0 Å². The van der Waals surface area contributed by atoms with Crippen LogP contribution in [0.5, 0.6) is 5.75 Å². The van der Waals surface area contributed by atoms with Crippen LogP contribution >= 0.6 is 0 Å². The molecule has 1 aromatic rings. The third-order valence-electron chi connectivity index (χ3n) is 3.34. The molecule has 0 aromatic heterocycles. The molecule has 0 saturated carbocycles. The lowest BCUT2D eigenvalue weighted by atomic mass is 9.99. The van der Waals surface area contributed by atoms with Gasteiger partial charge in [0.05, 0.1) is 0 Å². The Morgan fingerprint density at radius 3 is 2.43 bits per heavy atom. The van der Waals surface area contributed by atoms with Gasteiger partial charge in [0, 0.05) is 12.6 Å². The Morgan fingerprint density at radius 2 is 1.90 bits per heavy atom. The lowest BCUT2D eigenvalue weighted by Gasteiger charge is -2.33. The largest absolute Gasteiger partial charge is 0.415 e. The summed E-state index contributed by atoms with van der Waals surface area (Å²) in [7, 11) is 0. The summed E-state index contributed by atoms with van der Waals surface area (Å²) in [5, 5.41) is 0. The molecule has 1 atom stereocenters. The van der Waals surface area contributed by atoms with Gasteiger partial charge in [-0.25, -0.2) is 4.79 Å². The van der Waals surface area contributed by atoms with E-state index in [0.29, 0.717) is 18.2 Å². The minimum atomic E-state index is -0.316. The van der Waals surface area contributed by atoms with Crippen LogP contribution in [0.25, 0.3) is 0 Å². The van der Waals surface area contributed by atoms with Crippen LogP contribution in [0.15, 0.2) is 55.6 Å². The van der Waals surface area contributed by atoms with Crippen molar-refractivity contribution in [2.45, 2.75) is 32.7 Å². The maximum atomic E-state index is 12.5. The monoisotopic (exact) mass is 287 g/mol. The number of carbonyl (C=O) groups excluding carboxylic acids is 1. The van der Waals surface area contributed by atoms with E-state index in [0.717, 1.165) is 12.8 Å². The molecular weight excluding hydrogens is 262 g/mol. The van der Waals surface area contributed by atoms with Gasteiger partial charge in [-0.3, -0.25) is 0 Å². The van der Waals surface area contributed by atoms with Crippen molar-refractivity contribution in [3.05, 3.63) is 55.6 Å². The lowest BCUT2D eigenvalue weighted by molar-refractivity contribution is 0.117. The quantitative estimate of drug-likeness (QED) is 0.651. The van der Waals surface area contributed by atoms with Gasteiger partial charge in [0.15, 0.2) is 0 Å². The lowest BCUT2D eigenvalue weighted by Crippen LogP contribution is -2.45.